The molecule has 0 saturated carbocycles. The van der Waals surface area contributed by atoms with Crippen molar-refractivity contribution in [2.24, 2.45) is 0 Å². The number of hydrogen-bond acceptors (Lipinski definition) is 3. The van der Waals surface area contributed by atoms with E-state index in [0.29, 0.717) is 17.0 Å². The van der Waals surface area contributed by atoms with E-state index in [1.165, 1.54) is 0 Å². The Morgan fingerprint density at radius 1 is 1.24 bits per heavy atom. The van der Waals surface area contributed by atoms with E-state index in [-0.39, 0.29) is 18.2 Å². The van der Waals surface area contributed by atoms with Crippen molar-refractivity contribution in [2.45, 2.75) is 6.42 Å². The molecule has 108 valence electrons. The van der Waals surface area contributed by atoms with E-state index in [2.05, 4.69) is 5.32 Å². The Morgan fingerprint density at radius 2 is 2.05 bits per heavy atom. The van der Waals surface area contributed by atoms with Crippen molar-refractivity contribution in [1.29, 1.82) is 0 Å². The lowest BCUT2D eigenvalue weighted by Crippen LogP contribution is -2.12. The number of para-hydroxylation sites is 1. The Hall–Kier alpha value is -2.20. The smallest absolute Gasteiger partial charge is 0.225 e. The van der Waals surface area contributed by atoms with Crippen LogP contribution < -0.4 is 10.1 Å². The van der Waals surface area contributed by atoms with Crippen LogP contribution in [0.4, 0.5) is 5.69 Å². The molecule has 0 unspecified atom stereocenters. The SMILES string of the molecule is COc1cc2c(cc1NC(=O)CCCl)oc1ccccc12. The number of alkyl halides is 1. The predicted molar refractivity (Wildman–Crippen MR) is 84.2 cm³/mol. The second-order valence-corrected chi connectivity index (χ2v) is 5.01. The zero-order valence-electron chi connectivity index (χ0n) is 11.5. The molecular weight excluding hydrogens is 290 g/mol. The topological polar surface area (TPSA) is 51.5 Å². The largest absolute Gasteiger partial charge is 0.495 e. The molecule has 1 N–H and O–H groups in total. The van der Waals surface area contributed by atoms with Crippen molar-refractivity contribution in [1.82, 2.24) is 0 Å². The van der Waals surface area contributed by atoms with E-state index in [1.54, 1.807) is 13.2 Å². The lowest BCUT2D eigenvalue weighted by atomic mass is 10.1. The highest BCUT2D eigenvalue weighted by atomic mass is 35.5. The summed E-state index contributed by atoms with van der Waals surface area (Å²) in [7, 11) is 1.57. The fourth-order valence-corrected chi connectivity index (χ4v) is 2.49. The first kappa shape index (κ1) is 13.8. The maximum atomic E-state index is 11.7. The molecule has 0 aliphatic rings. The van der Waals surface area contributed by atoms with Gasteiger partial charge in [-0.2, -0.15) is 0 Å². The van der Waals surface area contributed by atoms with E-state index in [4.69, 9.17) is 20.8 Å². The second kappa shape index (κ2) is 5.66. The molecule has 2 aromatic carbocycles. The molecule has 0 aliphatic heterocycles. The summed E-state index contributed by atoms with van der Waals surface area (Å²) < 4.78 is 11.2. The molecule has 4 nitrogen and oxygen atoms in total. The van der Waals surface area contributed by atoms with Crippen LogP contribution in [0.2, 0.25) is 0 Å². The van der Waals surface area contributed by atoms with E-state index < -0.39 is 0 Å². The number of furan rings is 1. The number of rotatable bonds is 4. The summed E-state index contributed by atoms with van der Waals surface area (Å²) in [4.78, 5) is 11.7. The molecule has 3 rings (SSSR count). The molecule has 21 heavy (non-hydrogen) atoms. The van der Waals surface area contributed by atoms with Gasteiger partial charge in [0.15, 0.2) is 0 Å². The highest BCUT2D eigenvalue weighted by Gasteiger charge is 2.13. The van der Waals surface area contributed by atoms with Crippen molar-refractivity contribution in [3.63, 3.8) is 0 Å². The van der Waals surface area contributed by atoms with Gasteiger partial charge in [-0.25, -0.2) is 0 Å². The minimum atomic E-state index is -0.154. The number of halogens is 1. The maximum absolute atomic E-state index is 11.7. The van der Waals surface area contributed by atoms with Gasteiger partial charge in [0.2, 0.25) is 5.91 Å². The van der Waals surface area contributed by atoms with E-state index >= 15 is 0 Å². The molecule has 0 fully saturated rings. The summed E-state index contributed by atoms with van der Waals surface area (Å²) in [5.74, 6) is 0.719. The molecule has 0 spiro atoms. The summed E-state index contributed by atoms with van der Waals surface area (Å²) in [6.45, 7) is 0. The van der Waals surface area contributed by atoms with Gasteiger partial charge in [-0.15, -0.1) is 11.6 Å². The van der Waals surface area contributed by atoms with Gasteiger partial charge >= 0.3 is 0 Å². The van der Waals surface area contributed by atoms with Crippen LogP contribution in [0.25, 0.3) is 21.9 Å². The fraction of sp³-hybridized carbons (Fsp3) is 0.188. The summed E-state index contributed by atoms with van der Waals surface area (Å²) >= 11 is 5.57. The molecule has 5 heteroatoms. The summed E-state index contributed by atoms with van der Waals surface area (Å²) in [5, 5.41) is 4.76. The van der Waals surface area contributed by atoms with Crippen LogP contribution in [-0.2, 0) is 4.79 Å². The minimum absolute atomic E-state index is 0.154. The third-order valence-corrected chi connectivity index (χ3v) is 3.48. The van der Waals surface area contributed by atoms with Crippen molar-refractivity contribution < 1.29 is 13.9 Å². The van der Waals surface area contributed by atoms with Gasteiger partial charge in [0.05, 0.1) is 12.8 Å². The first-order valence-corrected chi connectivity index (χ1v) is 7.11. The predicted octanol–water partition coefficient (Wildman–Crippen LogP) is 4.16. The highest BCUT2D eigenvalue weighted by Crippen LogP contribution is 2.36. The first-order chi connectivity index (χ1) is 10.2. The zero-order valence-corrected chi connectivity index (χ0v) is 12.2. The molecule has 0 bridgehead atoms. The molecule has 0 atom stereocenters. The van der Waals surface area contributed by atoms with Crippen LogP contribution >= 0.6 is 11.6 Å². The van der Waals surface area contributed by atoms with Gasteiger partial charge in [0.1, 0.15) is 16.9 Å². The maximum Gasteiger partial charge on any atom is 0.225 e. The van der Waals surface area contributed by atoms with Crippen molar-refractivity contribution in [2.75, 3.05) is 18.3 Å². The van der Waals surface area contributed by atoms with Crippen molar-refractivity contribution in [3.05, 3.63) is 36.4 Å². The third-order valence-electron chi connectivity index (χ3n) is 3.29. The number of methoxy groups -OCH3 is 1. The summed E-state index contributed by atoms with van der Waals surface area (Å²) in [6.07, 6.45) is 0.253. The Balaban J connectivity index is 2.12. The van der Waals surface area contributed by atoms with Gasteiger partial charge in [0, 0.05) is 29.1 Å². The van der Waals surface area contributed by atoms with Crippen LogP contribution in [-0.4, -0.2) is 18.9 Å². The number of benzene rings is 2. The summed E-state index contributed by atoms with van der Waals surface area (Å²) in [5.41, 5.74) is 2.09. The molecule has 0 aliphatic carbocycles. The zero-order chi connectivity index (χ0) is 14.8. The van der Waals surface area contributed by atoms with Crippen molar-refractivity contribution in [3.8, 4) is 5.75 Å². The van der Waals surface area contributed by atoms with Crippen LogP contribution in [0.15, 0.2) is 40.8 Å². The van der Waals surface area contributed by atoms with Crippen LogP contribution in [0.1, 0.15) is 6.42 Å². The fourth-order valence-electron chi connectivity index (χ4n) is 2.32. The van der Waals surface area contributed by atoms with Crippen LogP contribution in [0.5, 0.6) is 5.75 Å². The number of carbonyl (C=O) groups is 1. The standard InChI is InChI=1S/C16H14ClNO3/c1-20-15-8-11-10-4-2-3-5-13(10)21-14(11)9-12(15)18-16(19)6-7-17/h2-5,8-9H,6-7H2,1H3,(H,18,19). The molecule has 1 amide bonds. The Bertz CT molecular complexity index is 810. The van der Waals surface area contributed by atoms with E-state index in [0.717, 1.165) is 16.4 Å². The average molecular weight is 304 g/mol. The number of ether oxygens (including phenoxy) is 1. The number of hydrogen-bond donors (Lipinski definition) is 1. The number of amides is 1. The Labute approximate surface area is 126 Å². The second-order valence-electron chi connectivity index (χ2n) is 4.63. The van der Waals surface area contributed by atoms with Gasteiger partial charge in [-0.1, -0.05) is 18.2 Å². The monoisotopic (exact) mass is 303 g/mol. The number of anilines is 1. The van der Waals surface area contributed by atoms with Gasteiger partial charge in [-0.3, -0.25) is 4.79 Å². The number of nitrogens with one attached hydrogen (secondary N) is 1. The van der Waals surface area contributed by atoms with E-state index in [1.807, 2.05) is 30.3 Å². The third kappa shape index (κ3) is 2.54. The quantitative estimate of drug-likeness (QED) is 0.736. The van der Waals surface area contributed by atoms with Gasteiger partial charge in [0.25, 0.3) is 0 Å². The molecule has 1 aromatic heterocycles. The lowest BCUT2D eigenvalue weighted by molar-refractivity contribution is -0.115. The van der Waals surface area contributed by atoms with Crippen LogP contribution in [0, 0.1) is 0 Å². The normalized spacial score (nSPS) is 11.0. The van der Waals surface area contributed by atoms with E-state index in [9.17, 15) is 4.79 Å². The molecule has 0 saturated heterocycles. The molecular formula is C16H14ClNO3. The minimum Gasteiger partial charge on any atom is -0.495 e. The molecule has 0 radical (unpaired) electrons. The van der Waals surface area contributed by atoms with Crippen LogP contribution in [0.3, 0.4) is 0 Å². The first-order valence-electron chi connectivity index (χ1n) is 6.58. The Morgan fingerprint density at radius 3 is 2.81 bits per heavy atom. The van der Waals surface area contributed by atoms with Gasteiger partial charge in [-0.05, 0) is 12.1 Å². The number of fused-ring (bicyclic) bond motifs is 3. The average Bonchev–Trinajstić information content (AvgIpc) is 2.84. The van der Waals surface area contributed by atoms with Crippen molar-refractivity contribution >= 4 is 45.1 Å². The molecule has 3 aromatic rings. The highest BCUT2D eigenvalue weighted by molar-refractivity contribution is 6.19. The van der Waals surface area contributed by atoms with Gasteiger partial charge < -0.3 is 14.5 Å². The summed E-state index contributed by atoms with van der Waals surface area (Å²) in [6, 6.07) is 11.4. The lowest BCUT2D eigenvalue weighted by Gasteiger charge is -2.09. The molecule has 1 heterocycles. The Kier molecular flexibility index (Phi) is 3.71. The number of carbonyl (C=O) groups excluding carboxylic acids is 1.